The van der Waals surface area contributed by atoms with Gasteiger partial charge in [0.25, 0.3) is 0 Å². The standard InChI is InChI=1S/C9H12O3/c1-6-3-4-12-9(6)7(2)5-8(10)11/h3-4,7H,5H2,1-2H3,(H,10,11). The van der Waals surface area contributed by atoms with Crippen molar-refractivity contribution in [2.24, 2.45) is 0 Å². The number of aliphatic carboxylic acids is 1. The Hall–Kier alpha value is -1.25. The Kier molecular flexibility index (Phi) is 2.53. The predicted octanol–water partition coefficient (Wildman–Crippen LogP) is 2.17. The summed E-state index contributed by atoms with van der Waals surface area (Å²) < 4.78 is 5.16. The van der Waals surface area contributed by atoms with Crippen molar-refractivity contribution in [1.82, 2.24) is 0 Å². The molecule has 1 aromatic heterocycles. The molecule has 0 aliphatic heterocycles. The first-order chi connectivity index (χ1) is 5.61. The molecule has 1 aromatic rings. The Morgan fingerprint density at radius 3 is 2.83 bits per heavy atom. The van der Waals surface area contributed by atoms with Gasteiger partial charge in [0, 0.05) is 5.92 Å². The lowest BCUT2D eigenvalue weighted by molar-refractivity contribution is -0.137. The molecule has 12 heavy (non-hydrogen) atoms. The predicted molar refractivity (Wildman–Crippen MR) is 44.1 cm³/mol. The molecule has 0 aliphatic rings. The van der Waals surface area contributed by atoms with E-state index in [1.165, 1.54) is 0 Å². The lowest BCUT2D eigenvalue weighted by Crippen LogP contribution is -2.02. The zero-order chi connectivity index (χ0) is 9.14. The summed E-state index contributed by atoms with van der Waals surface area (Å²) in [5, 5.41) is 8.53. The number of carboxylic acids is 1. The number of rotatable bonds is 3. The molecule has 66 valence electrons. The van der Waals surface area contributed by atoms with Crippen LogP contribution in [-0.4, -0.2) is 11.1 Å². The van der Waals surface area contributed by atoms with Gasteiger partial charge < -0.3 is 9.52 Å². The van der Waals surface area contributed by atoms with E-state index in [9.17, 15) is 4.79 Å². The minimum atomic E-state index is -0.793. The van der Waals surface area contributed by atoms with Crippen molar-refractivity contribution < 1.29 is 14.3 Å². The van der Waals surface area contributed by atoms with Crippen LogP contribution in [0.5, 0.6) is 0 Å². The topological polar surface area (TPSA) is 50.4 Å². The molecule has 0 saturated heterocycles. The molecule has 0 fully saturated rings. The van der Waals surface area contributed by atoms with Crippen molar-refractivity contribution in [2.75, 3.05) is 0 Å². The molecule has 0 amide bonds. The molecular weight excluding hydrogens is 156 g/mol. The van der Waals surface area contributed by atoms with Gasteiger partial charge in [0.15, 0.2) is 0 Å². The van der Waals surface area contributed by atoms with E-state index in [-0.39, 0.29) is 12.3 Å². The Morgan fingerprint density at radius 2 is 2.42 bits per heavy atom. The fourth-order valence-corrected chi connectivity index (χ4v) is 1.24. The van der Waals surface area contributed by atoms with Gasteiger partial charge in [-0.15, -0.1) is 0 Å². The van der Waals surface area contributed by atoms with Crippen LogP contribution >= 0.6 is 0 Å². The molecule has 1 heterocycles. The van der Waals surface area contributed by atoms with Crippen molar-refractivity contribution in [3.05, 3.63) is 23.7 Å². The van der Waals surface area contributed by atoms with Crippen LogP contribution in [0.2, 0.25) is 0 Å². The highest BCUT2D eigenvalue weighted by atomic mass is 16.4. The number of carbonyl (C=O) groups is 1. The minimum Gasteiger partial charge on any atom is -0.481 e. The first-order valence-electron chi connectivity index (χ1n) is 3.87. The number of hydrogen-bond acceptors (Lipinski definition) is 2. The molecular formula is C9H12O3. The van der Waals surface area contributed by atoms with Gasteiger partial charge in [-0.2, -0.15) is 0 Å². The van der Waals surface area contributed by atoms with E-state index in [4.69, 9.17) is 9.52 Å². The molecule has 1 unspecified atom stereocenters. The molecule has 0 spiro atoms. The highest BCUT2D eigenvalue weighted by Gasteiger charge is 2.14. The van der Waals surface area contributed by atoms with Gasteiger partial charge in [0.05, 0.1) is 12.7 Å². The summed E-state index contributed by atoms with van der Waals surface area (Å²) in [5.41, 5.74) is 1.02. The van der Waals surface area contributed by atoms with Gasteiger partial charge in [-0.3, -0.25) is 4.79 Å². The second kappa shape index (κ2) is 3.43. The zero-order valence-corrected chi connectivity index (χ0v) is 7.20. The minimum absolute atomic E-state index is 0.0440. The van der Waals surface area contributed by atoms with E-state index in [0.717, 1.165) is 11.3 Å². The largest absolute Gasteiger partial charge is 0.481 e. The summed E-state index contributed by atoms with van der Waals surface area (Å²) in [4.78, 5) is 10.4. The summed E-state index contributed by atoms with van der Waals surface area (Å²) in [6.45, 7) is 3.76. The van der Waals surface area contributed by atoms with Gasteiger partial charge in [-0.25, -0.2) is 0 Å². The normalized spacial score (nSPS) is 12.8. The molecule has 1 N–H and O–H groups in total. The van der Waals surface area contributed by atoms with Crippen LogP contribution in [0.25, 0.3) is 0 Å². The van der Waals surface area contributed by atoms with E-state index < -0.39 is 5.97 Å². The van der Waals surface area contributed by atoms with Gasteiger partial charge in [-0.1, -0.05) is 6.92 Å². The molecule has 1 rings (SSSR count). The Balaban J connectivity index is 2.71. The zero-order valence-electron chi connectivity index (χ0n) is 7.20. The van der Waals surface area contributed by atoms with Crippen LogP contribution in [-0.2, 0) is 4.79 Å². The lowest BCUT2D eigenvalue weighted by atomic mass is 10.0. The highest BCUT2D eigenvalue weighted by Crippen LogP contribution is 2.22. The summed E-state index contributed by atoms with van der Waals surface area (Å²) >= 11 is 0. The van der Waals surface area contributed by atoms with Crippen LogP contribution in [0.15, 0.2) is 16.7 Å². The Morgan fingerprint density at radius 1 is 1.75 bits per heavy atom. The van der Waals surface area contributed by atoms with Crippen LogP contribution < -0.4 is 0 Å². The van der Waals surface area contributed by atoms with Crippen molar-refractivity contribution in [1.29, 1.82) is 0 Å². The number of hydrogen-bond donors (Lipinski definition) is 1. The van der Waals surface area contributed by atoms with Crippen molar-refractivity contribution in [2.45, 2.75) is 26.2 Å². The lowest BCUT2D eigenvalue weighted by Gasteiger charge is -2.05. The fraction of sp³-hybridized carbons (Fsp3) is 0.444. The van der Waals surface area contributed by atoms with Crippen LogP contribution in [0.1, 0.15) is 30.6 Å². The van der Waals surface area contributed by atoms with E-state index >= 15 is 0 Å². The average Bonchev–Trinajstić information content (AvgIpc) is 2.33. The highest BCUT2D eigenvalue weighted by molar-refractivity contribution is 5.67. The summed E-state index contributed by atoms with van der Waals surface area (Å²) in [6, 6.07) is 1.84. The molecule has 0 radical (unpaired) electrons. The van der Waals surface area contributed by atoms with E-state index in [2.05, 4.69) is 0 Å². The monoisotopic (exact) mass is 168 g/mol. The molecule has 0 bridgehead atoms. The SMILES string of the molecule is Cc1ccoc1C(C)CC(=O)O. The number of furan rings is 1. The van der Waals surface area contributed by atoms with Crippen LogP contribution in [0.3, 0.4) is 0 Å². The van der Waals surface area contributed by atoms with E-state index in [0.29, 0.717) is 0 Å². The fourth-order valence-electron chi connectivity index (χ4n) is 1.24. The molecule has 3 heteroatoms. The molecule has 1 atom stereocenters. The van der Waals surface area contributed by atoms with Gasteiger partial charge in [0.2, 0.25) is 0 Å². The van der Waals surface area contributed by atoms with E-state index in [1.807, 2.05) is 19.9 Å². The molecule has 0 saturated carbocycles. The van der Waals surface area contributed by atoms with Crippen LogP contribution in [0, 0.1) is 6.92 Å². The Labute approximate surface area is 71.0 Å². The maximum Gasteiger partial charge on any atom is 0.304 e. The Bertz CT molecular complexity index is 275. The number of carboxylic acid groups (broad SMARTS) is 1. The number of aryl methyl sites for hydroxylation is 1. The van der Waals surface area contributed by atoms with Crippen molar-refractivity contribution in [3.63, 3.8) is 0 Å². The first kappa shape index (κ1) is 8.84. The van der Waals surface area contributed by atoms with Gasteiger partial charge in [-0.05, 0) is 18.6 Å². The summed E-state index contributed by atoms with van der Waals surface area (Å²) in [5.74, 6) is -0.0619. The molecule has 0 aliphatic carbocycles. The third kappa shape index (κ3) is 1.87. The quantitative estimate of drug-likeness (QED) is 0.752. The van der Waals surface area contributed by atoms with Gasteiger partial charge >= 0.3 is 5.97 Å². The van der Waals surface area contributed by atoms with E-state index in [1.54, 1.807) is 6.26 Å². The van der Waals surface area contributed by atoms with Crippen LogP contribution in [0.4, 0.5) is 0 Å². The summed E-state index contributed by atoms with van der Waals surface area (Å²) in [6.07, 6.45) is 1.71. The van der Waals surface area contributed by atoms with Crippen molar-refractivity contribution in [3.8, 4) is 0 Å². The summed E-state index contributed by atoms with van der Waals surface area (Å²) in [7, 11) is 0. The molecule has 0 aromatic carbocycles. The molecule has 3 nitrogen and oxygen atoms in total. The smallest absolute Gasteiger partial charge is 0.304 e. The van der Waals surface area contributed by atoms with Gasteiger partial charge in [0.1, 0.15) is 5.76 Å². The third-order valence-electron chi connectivity index (χ3n) is 1.83. The average molecular weight is 168 g/mol. The maximum absolute atomic E-state index is 10.4. The second-order valence-electron chi connectivity index (χ2n) is 2.97. The maximum atomic E-state index is 10.4. The first-order valence-corrected chi connectivity index (χ1v) is 3.87. The van der Waals surface area contributed by atoms with Crippen molar-refractivity contribution >= 4 is 5.97 Å². The second-order valence-corrected chi connectivity index (χ2v) is 2.97. The third-order valence-corrected chi connectivity index (χ3v) is 1.83.